The first-order chi connectivity index (χ1) is 18.9. The lowest BCUT2D eigenvalue weighted by atomic mass is 9.74. The smallest absolute Gasteiger partial charge is 0.266 e. The molecule has 0 radical (unpaired) electrons. The van der Waals surface area contributed by atoms with Gasteiger partial charge in [-0.25, -0.2) is 4.98 Å². The second-order valence-electron chi connectivity index (χ2n) is 10.1. The fourth-order valence-electron chi connectivity index (χ4n) is 5.39. The monoisotopic (exact) mass is 530 g/mol. The van der Waals surface area contributed by atoms with Gasteiger partial charge in [0, 0.05) is 31.3 Å². The highest BCUT2D eigenvalue weighted by molar-refractivity contribution is 5.80. The van der Waals surface area contributed by atoms with Gasteiger partial charge in [-0.15, -0.1) is 0 Å². The maximum Gasteiger partial charge on any atom is 0.266 e. The van der Waals surface area contributed by atoms with Crippen LogP contribution in [0.2, 0.25) is 0 Å². The molecule has 1 unspecified atom stereocenters. The zero-order valence-corrected chi connectivity index (χ0v) is 22.7. The first-order valence-electron chi connectivity index (χ1n) is 13.2. The number of H-pyrrole nitrogens is 1. The van der Waals surface area contributed by atoms with Crippen molar-refractivity contribution in [3.8, 4) is 39.9 Å². The van der Waals surface area contributed by atoms with E-state index in [-0.39, 0.29) is 34.5 Å². The third kappa shape index (κ3) is 5.02. The molecule has 2 heterocycles. The highest BCUT2D eigenvalue weighted by Crippen LogP contribution is 2.50. The van der Waals surface area contributed by atoms with Crippen molar-refractivity contribution in [3.05, 3.63) is 75.8 Å². The molecule has 2 N–H and O–H groups in total. The van der Waals surface area contributed by atoms with Crippen LogP contribution in [-0.4, -0.2) is 52.3 Å². The summed E-state index contributed by atoms with van der Waals surface area (Å²) < 4.78 is 18.7. The molecule has 0 fully saturated rings. The molecule has 2 aromatic heterocycles. The molecule has 0 spiro atoms. The van der Waals surface area contributed by atoms with E-state index < -0.39 is 0 Å². The molecule has 4 aromatic rings. The van der Waals surface area contributed by atoms with E-state index in [1.807, 2.05) is 42.5 Å². The molecule has 5 rings (SSSR count). The standard InChI is InChI=1S/C30H34N4O5/c1-18(2)21-13-20-14-24(39-12-8-11-37-3)23(38-4)15-22(20)27-25(21)28(35)26(29-31-17-32-33-29)30(36)34(27)16-19-9-6-5-7-10-19/h5-7,9-10,14-15,17-18,21,35H,8,11-13,16H2,1-4H3,(H,31,32,33). The molecule has 1 atom stereocenters. The normalized spacial score (nSPS) is 14.2. The summed E-state index contributed by atoms with van der Waals surface area (Å²) >= 11 is 0. The van der Waals surface area contributed by atoms with Gasteiger partial charge in [-0.05, 0) is 41.5 Å². The number of methoxy groups -OCH3 is 2. The first-order valence-corrected chi connectivity index (χ1v) is 13.2. The number of aromatic amines is 1. The van der Waals surface area contributed by atoms with Crippen LogP contribution >= 0.6 is 0 Å². The molecular weight excluding hydrogens is 496 g/mol. The molecule has 1 aliphatic carbocycles. The fraction of sp³-hybridized carbons (Fsp3) is 0.367. The van der Waals surface area contributed by atoms with Gasteiger partial charge in [0.2, 0.25) is 0 Å². The van der Waals surface area contributed by atoms with Crippen molar-refractivity contribution in [1.29, 1.82) is 0 Å². The number of benzene rings is 2. The number of hydrogen-bond donors (Lipinski definition) is 2. The Hall–Kier alpha value is -4.11. The Morgan fingerprint density at radius 2 is 1.92 bits per heavy atom. The van der Waals surface area contributed by atoms with Crippen LogP contribution in [0.1, 0.15) is 42.9 Å². The van der Waals surface area contributed by atoms with Crippen LogP contribution < -0.4 is 15.0 Å². The highest BCUT2D eigenvalue weighted by Gasteiger charge is 2.36. The summed E-state index contributed by atoms with van der Waals surface area (Å²) in [5.74, 6) is 1.54. The Labute approximate surface area is 227 Å². The third-order valence-electron chi connectivity index (χ3n) is 7.32. The van der Waals surface area contributed by atoms with E-state index in [1.165, 1.54) is 6.33 Å². The molecular formula is C30H34N4O5. The summed E-state index contributed by atoms with van der Waals surface area (Å²) in [5, 5.41) is 18.4. The summed E-state index contributed by atoms with van der Waals surface area (Å²) in [5.41, 5.74) is 4.05. The van der Waals surface area contributed by atoms with Crippen LogP contribution in [-0.2, 0) is 17.7 Å². The molecule has 1 aliphatic rings. The van der Waals surface area contributed by atoms with E-state index in [0.717, 1.165) is 28.7 Å². The van der Waals surface area contributed by atoms with Gasteiger partial charge in [0.15, 0.2) is 17.3 Å². The van der Waals surface area contributed by atoms with Crippen molar-refractivity contribution >= 4 is 0 Å². The van der Waals surface area contributed by atoms with Crippen molar-refractivity contribution in [1.82, 2.24) is 19.7 Å². The molecule has 0 saturated heterocycles. The minimum Gasteiger partial charge on any atom is -0.507 e. The van der Waals surface area contributed by atoms with Gasteiger partial charge in [-0.3, -0.25) is 9.89 Å². The fourth-order valence-corrected chi connectivity index (χ4v) is 5.39. The van der Waals surface area contributed by atoms with Gasteiger partial charge < -0.3 is 23.9 Å². The number of aromatic hydroxyl groups is 1. The van der Waals surface area contributed by atoms with Crippen molar-refractivity contribution in [2.24, 2.45) is 5.92 Å². The summed E-state index contributed by atoms with van der Waals surface area (Å²) in [7, 11) is 3.27. The van der Waals surface area contributed by atoms with Gasteiger partial charge in [0.25, 0.3) is 5.56 Å². The van der Waals surface area contributed by atoms with E-state index in [4.69, 9.17) is 14.2 Å². The number of pyridine rings is 1. The van der Waals surface area contributed by atoms with Gasteiger partial charge >= 0.3 is 0 Å². The predicted octanol–water partition coefficient (Wildman–Crippen LogP) is 4.77. The summed E-state index contributed by atoms with van der Waals surface area (Å²) in [6.07, 6.45) is 2.76. The summed E-state index contributed by atoms with van der Waals surface area (Å²) in [6.45, 7) is 5.68. The molecule has 39 heavy (non-hydrogen) atoms. The maximum atomic E-state index is 14.1. The van der Waals surface area contributed by atoms with Crippen molar-refractivity contribution in [3.63, 3.8) is 0 Å². The van der Waals surface area contributed by atoms with Crippen LogP contribution in [0, 0.1) is 5.92 Å². The lowest BCUT2D eigenvalue weighted by molar-refractivity contribution is 0.170. The van der Waals surface area contributed by atoms with Crippen LogP contribution in [0.15, 0.2) is 53.6 Å². The molecule has 9 heteroatoms. The molecule has 2 aromatic carbocycles. The summed E-state index contributed by atoms with van der Waals surface area (Å²) in [6, 6.07) is 13.8. The Balaban J connectivity index is 1.77. The largest absolute Gasteiger partial charge is 0.507 e. The number of fused-ring (bicyclic) bond motifs is 3. The van der Waals surface area contributed by atoms with Gasteiger partial charge in [0.1, 0.15) is 17.6 Å². The molecule has 0 bridgehead atoms. The predicted molar refractivity (Wildman–Crippen MR) is 149 cm³/mol. The molecule has 0 amide bonds. The van der Waals surface area contributed by atoms with E-state index >= 15 is 0 Å². The van der Waals surface area contributed by atoms with Gasteiger partial charge in [0.05, 0.1) is 26.0 Å². The van der Waals surface area contributed by atoms with E-state index in [0.29, 0.717) is 43.4 Å². The lowest BCUT2D eigenvalue weighted by Crippen LogP contribution is -2.30. The molecule has 204 valence electrons. The van der Waals surface area contributed by atoms with Crippen molar-refractivity contribution < 1.29 is 19.3 Å². The minimum absolute atomic E-state index is 0.0495. The lowest BCUT2D eigenvalue weighted by Gasteiger charge is -2.34. The Morgan fingerprint density at radius 3 is 2.59 bits per heavy atom. The average Bonchev–Trinajstić information content (AvgIpc) is 3.47. The third-order valence-corrected chi connectivity index (χ3v) is 7.32. The minimum atomic E-state index is -0.346. The van der Waals surface area contributed by atoms with Crippen LogP contribution in [0.5, 0.6) is 17.2 Å². The quantitative estimate of drug-likeness (QED) is 0.284. The van der Waals surface area contributed by atoms with E-state index in [2.05, 4.69) is 29.0 Å². The topological polar surface area (TPSA) is 111 Å². The van der Waals surface area contributed by atoms with Gasteiger partial charge in [-0.1, -0.05) is 44.2 Å². The van der Waals surface area contributed by atoms with Crippen molar-refractivity contribution in [2.45, 2.75) is 39.2 Å². The van der Waals surface area contributed by atoms with Crippen molar-refractivity contribution in [2.75, 3.05) is 27.4 Å². The highest BCUT2D eigenvalue weighted by atomic mass is 16.5. The Bertz CT molecular complexity index is 1500. The van der Waals surface area contributed by atoms with Crippen LogP contribution in [0.4, 0.5) is 0 Å². The number of nitrogens with zero attached hydrogens (tertiary/aromatic N) is 3. The number of hydrogen-bond acceptors (Lipinski definition) is 7. The molecule has 0 saturated carbocycles. The zero-order chi connectivity index (χ0) is 27.5. The number of nitrogens with one attached hydrogen (secondary N) is 1. The Morgan fingerprint density at radius 1 is 1.13 bits per heavy atom. The van der Waals surface area contributed by atoms with Crippen LogP contribution in [0.3, 0.4) is 0 Å². The molecule has 0 aliphatic heterocycles. The SMILES string of the molecule is COCCCOc1cc2c(cc1OC)-c1c(c(O)c(-c3ncn[nH]3)c(=O)n1Cc1ccccc1)C(C(C)C)C2. The van der Waals surface area contributed by atoms with E-state index in [1.54, 1.807) is 18.8 Å². The number of aromatic nitrogens is 4. The second kappa shape index (κ2) is 11.3. The number of rotatable bonds is 10. The summed E-state index contributed by atoms with van der Waals surface area (Å²) in [4.78, 5) is 18.3. The zero-order valence-electron chi connectivity index (χ0n) is 22.7. The first kappa shape index (κ1) is 26.5. The number of ether oxygens (including phenoxy) is 3. The Kier molecular flexibility index (Phi) is 7.70. The second-order valence-corrected chi connectivity index (χ2v) is 10.1. The van der Waals surface area contributed by atoms with Gasteiger partial charge in [-0.2, -0.15) is 5.10 Å². The van der Waals surface area contributed by atoms with Crippen LogP contribution in [0.25, 0.3) is 22.6 Å². The van der Waals surface area contributed by atoms with E-state index in [9.17, 15) is 9.90 Å². The molecule has 9 nitrogen and oxygen atoms in total. The maximum absolute atomic E-state index is 14.1. The average molecular weight is 531 g/mol.